The van der Waals surface area contributed by atoms with Crippen molar-refractivity contribution in [3.05, 3.63) is 112 Å². The van der Waals surface area contributed by atoms with Crippen LogP contribution < -0.4 is 15.9 Å². The first-order valence-corrected chi connectivity index (χ1v) is 15.9. The number of carboxylic acid groups (broad SMARTS) is 1. The average molecular weight is 720 g/mol. The Kier molecular flexibility index (Phi) is 13.4. The molecular weight excluding hydrogens is 687 g/mol. The highest BCUT2D eigenvalue weighted by Crippen LogP contribution is 2.24. The summed E-state index contributed by atoms with van der Waals surface area (Å²) in [6, 6.07) is 23.6. The fourth-order valence-corrected chi connectivity index (χ4v) is 5.19. The summed E-state index contributed by atoms with van der Waals surface area (Å²) in [6.07, 6.45) is -2.81. The van der Waals surface area contributed by atoms with E-state index in [1.807, 2.05) is 41.3 Å². The van der Waals surface area contributed by atoms with Crippen LogP contribution in [0.2, 0.25) is 0 Å². The van der Waals surface area contributed by atoms with Gasteiger partial charge in [0.15, 0.2) is 0 Å². The summed E-state index contributed by atoms with van der Waals surface area (Å²) in [5.41, 5.74) is 2.74. The molecule has 0 aliphatic carbocycles. The van der Waals surface area contributed by atoms with Crippen molar-refractivity contribution in [3.63, 3.8) is 0 Å². The number of alkyl halides is 3. The maximum atomic E-state index is 12.6. The number of amides is 1. The molecule has 0 saturated carbocycles. The number of hydrogen-bond donors (Lipinski definition) is 4. The summed E-state index contributed by atoms with van der Waals surface area (Å²) >= 11 is 0. The number of nitro benzene ring substituents is 1. The molecule has 1 saturated heterocycles. The van der Waals surface area contributed by atoms with E-state index in [0.29, 0.717) is 37.2 Å². The van der Waals surface area contributed by atoms with Gasteiger partial charge >= 0.3 is 12.1 Å². The van der Waals surface area contributed by atoms with Gasteiger partial charge < -0.3 is 25.9 Å². The van der Waals surface area contributed by atoms with Gasteiger partial charge in [0.25, 0.3) is 15.8 Å². The number of benzene rings is 4. The van der Waals surface area contributed by atoms with E-state index in [-0.39, 0.29) is 22.5 Å². The predicted octanol–water partition coefficient (Wildman–Crippen LogP) is 4.51. The van der Waals surface area contributed by atoms with Gasteiger partial charge in [0.05, 0.1) is 29.2 Å². The summed E-state index contributed by atoms with van der Waals surface area (Å²) in [5.74, 6) is 3.10. The number of nitrogens with zero attached hydrogens (tertiary/aromatic N) is 3. The van der Waals surface area contributed by atoms with Crippen LogP contribution in [0.5, 0.6) is 5.75 Å². The Bertz CT molecular complexity index is 1970. The zero-order valence-corrected chi connectivity index (χ0v) is 27.1. The first-order valence-electron chi connectivity index (χ1n) is 14.4. The maximum Gasteiger partial charge on any atom is 0.490 e. The number of hydrogen-bond acceptors (Lipinski definition) is 10. The highest BCUT2D eigenvalue weighted by Gasteiger charge is 2.38. The van der Waals surface area contributed by atoms with Crippen LogP contribution in [0.3, 0.4) is 0 Å². The minimum Gasteiger partial charge on any atom is -0.497 e. The lowest BCUT2D eigenvalue weighted by Crippen LogP contribution is -2.37. The van der Waals surface area contributed by atoms with Gasteiger partial charge in [0, 0.05) is 31.8 Å². The number of methoxy groups -OCH3 is 1. The molecule has 5 N–H and O–H groups in total. The third-order valence-electron chi connectivity index (χ3n) is 7.08. The molecule has 18 heteroatoms. The molecule has 0 aromatic heterocycles. The molecular formula is C32H32F3N5O9S. The lowest BCUT2D eigenvalue weighted by Gasteiger charge is -2.17. The minimum atomic E-state index is -5.08. The lowest BCUT2D eigenvalue weighted by molar-refractivity contribution is -0.384. The van der Waals surface area contributed by atoms with Crippen molar-refractivity contribution in [3.8, 4) is 5.75 Å². The fourth-order valence-electron chi connectivity index (χ4n) is 4.67. The normalized spacial score (nSPS) is 14.5. The topological polar surface area (TPSA) is 215 Å². The summed E-state index contributed by atoms with van der Waals surface area (Å²) < 4.78 is 67.6. The monoisotopic (exact) mass is 719 g/mol. The zero-order valence-electron chi connectivity index (χ0n) is 26.3. The van der Waals surface area contributed by atoms with Crippen LogP contribution in [0, 0.1) is 10.1 Å². The van der Waals surface area contributed by atoms with Crippen molar-refractivity contribution in [1.29, 1.82) is 0 Å². The number of carboxylic acids is 1. The second kappa shape index (κ2) is 17.2. The molecule has 4 aromatic rings. The number of carbonyl (C=O) groups excluding carboxylic acids is 1. The molecule has 4 aromatic carbocycles. The Balaban J connectivity index is 0.000000247. The highest BCUT2D eigenvalue weighted by atomic mass is 32.2. The molecule has 1 amide bonds. The third-order valence-corrected chi connectivity index (χ3v) is 7.93. The summed E-state index contributed by atoms with van der Waals surface area (Å²) in [6.45, 7) is 1.61. The van der Waals surface area contributed by atoms with Crippen molar-refractivity contribution >= 4 is 44.7 Å². The van der Waals surface area contributed by atoms with Crippen molar-refractivity contribution < 1.29 is 50.5 Å². The number of non-ortho nitro benzene ring substituents is 1. The summed E-state index contributed by atoms with van der Waals surface area (Å²) in [5, 5.41) is 26.3. The van der Waals surface area contributed by atoms with Crippen molar-refractivity contribution in [1.82, 2.24) is 10.2 Å². The van der Waals surface area contributed by atoms with Gasteiger partial charge in [-0.15, -0.1) is 0 Å². The van der Waals surface area contributed by atoms with Crippen LogP contribution in [-0.2, 0) is 32.8 Å². The van der Waals surface area contributed by atoms with E-state index in [1.165, 1.54) is 31.4 Å². The number of nitro groups is 1. The van der Waals surface area contributed by atoms with Gasteiger partial charge in [0.1, 0.15) is 5.75 Å². The molecule has 0 spiro atoms. The molecule has 50 heavy (non-hydrogen) atoms. The number of carbonyl (C=O) groups is 2. The third kappa shape index (κ3) is 11.5. The Morgan fingerprint density at radius 3 is 2.36 bits per heavy atom. The molecule has 266 valence electrons. The van der Waals surface area contributed by atoms with Gasteiger partial charge in [-0.2, -0.15) is 26.7 Å². The van der Waals surface area contributed by atoms with E-state index in [1.54, 1.807) is 30.5 Å². The zero-order chi connectivity index (χ0) is 37.1. The summed E-state index contributed by atoms with van der Waals surface area (Å²) in [7, 11) is -2.62. The van der Waals surface area contributed by atoms with Gasteiger partial charge in [-0.25, -0.2) is 4.79 Å². The standard InChI is InChI=1S/C19H21N5O3.C11H10O4S.C2HF3O2/c20-22-12-14-3-1-5-16(9-14)13-23-8-7-18(19(23)25)21-11-15-4-2-6-17(10-15)24(26)27;1-15-10-4-2-8-3-5-11(16(12,13)14)7-9(8)6-10;3-2(4,5)1(6)7/h1-6,9-10,12,18,21H,7-8,11,13,20H2;2-7H,1H3,(H,12,13,14);(H,6,7)/t18-;;/m0../s1. The van der Waals surface area contributed by atoms with Crippen LogP contribution in [0.25, 0.3) is 10.8 Å². The lowest BCUT2D eigenvalue weighted by atomic mass is 10.1. The number of likely N-dealkylation sites (tertiary alicyclic amines) is 1. The second-order valence-electron chi connectivity index (χ2n) is 10.6. The van der Waals surface area contributed by atoms with Crippen molar-refractivity contribution in [2.75, 3.05) is 13.7 Å². The quantitative estimate of drug-likeness (QED) is 0.0621. The molecule has 1 aliphatic heterocycles. The van der Waals surface area contributed by atoms with Gasteiger partial charge in [0.2, 0.25) is 5.91 Å². The molecule has 0 unspecified atom stereocenters. The summed E-state index contributed by atoms with van der Waals surface area (Å²) in [4.78, 5) is 33.6. The average Bonchev–Trinajstić information content (AvgIpc) is 3.41. The van der Waals surface area contributed by atoms with Crippen LogP contribution in [-0.4, -0.2) is 71.9 Å². The van der Waals surface area contributed by atoms with Crippen LogP contribution >= 0.6 is 0 Å². The van der Waals surface area contributed by atoms with E-state index in [2.05, 4.69) is 10.4 Å². The van der Waals surface area contributed by atoms with Crippen LogP contribution in [0.4, 0.5) is 18.9 Å². The number of aliphatic carboxylic acids is 1. The van der Waals surface area contributed by atoms with Gasteiger partial charge in [-0.05, 0) is 64.2 Å². The number of rotatable bonds is 9. The second-order valence-corrected chi connectivity index (χ2v) is 12.0. The molecule has 1 heterocycles. The molecule has 5 rings (SSSR count). The molecule has 14 nitrogen and oxygen atoms in total. The smallest absolute Gasteiger partial charge is 0.490 e. The number of ether oxygens (including phenoxy) is 1. The van der Waals surface area contributed by atoms with Crippen LogP contribution in [0.15, 0.2) is 94.9 Å². The number of hydrazone groups is 1. The van der Waals surface area contributed by atoms with Crippen LogP contribution in [0.1, 0.15) is 23.1 Å². The van der Waals surface area contributed by atoms with E-state index in [9.17, 15) is 36.5 Å². The SMILES string of the molecule is COc1ccc2ccc(S(=O)(=O)O)cc2c1.NN=Cc1cccc(CN2CC[C@H](NCc3cccc([N+](=O)[O-])c3)C2=O)c1.O=C(O)C(F)(F)F. The molecule has 1 atom stereocenters. The van der Waals surface area contributed by atoms with Crippen molar-refractivity contribution in [2.24, 2.45) is 10.9 Å². The largest absolute Gasteiger partial charge is 0.497 e. The number of nitrogens with one attached hydrogen (secondary N) is 1. The minimum absolute atomic E-state index is 0.0401. The van der Waals surface area contributed by atoms with E-state index < -0.39 is 27.2 Å². The Labute approximate surface area is 283 Å². The fraction of sp³-hybridized carbons (Fsp3) is 0.219. The maximum absolute atomic E-state index is 12.6. The highest BCUT2D eigenvalue weighted by molar-refractivity contribution is 7.85. The van der Waals surface area contributed by atoms with Crippen molar-refractivity contribution in [2.45, 2.75) is 36.6 Å². The van der Waals surface area contributed by atoms with Gasteiger partial charge in [-0.3, -0.25) is 19.5 Å². The number of fused-ring (bicyclic) bond motifs is 1. The molecule has 0 bridgehead atoms. The van der Waals surface area contributed by atoms with E-state index in [4.69, 9.17) is 25.0 Å². The van der Waals surface area contributed by atoms with E-state index >= 15 is 0 Å². The molecule has 1 aliphatic rings. The van der Waals surface area contributed by atoms with Gasteiger partial charge in [-0.1, -0.05) is 42.5 Å². The van der Waals surface area contributed by atoms with E-state index in [0.717, 1.165) is 22.1 Å². The Hall–Kier alpha value is -5.59. The number of nitrogens with two attached hydrogens (primary N) is 1. The number of halogens is 3. The molecule has 1 fully saturated rings. The Morgan fingerprint density at radius 1 is 1.08 bits per heavy atom. The first-order chi connectivity index (χ1) is 23.5. The first kappa shape index (κ1) is 38.9. The predicted molar refractivity (Wildman–Crippen MR) is 176 cm³/mol. The Morgan fingerprint density at radius 2 is 1.74 bits per heavy atom. The molecule has 0 radical (unpaired) electrons.